The Morgan fingerprint density at radius 3 is 2.78 bits per heavy atom. The lowest BCUT2D eigenvalue weighted by Crippen LogP contribution is -2.16. The fraction of sp³-hybridized carbons (Fsp3) is 0.154. The highest BCUT2D eigenvalue weighted by molar-refractivity contribution is 6.05. The highest BCUT2D eigenvalue weighted by Gasteiger charge is 2.10. The number of rotatable bonds is 3. The molecule has 0 radical (unpaired) electrons. The van der Waals surface area contributed by atoms with Crippen LogP contribution in [0, 0.1) is 6.92 Å². The Labute approximate surface area is 103 Å². The van der Waals surface area contributed by atoms with E-state index in [9.17, 15) is 9.59 Å². The number of hydrogen-bond donors (Lipinski definition) is 2. The number of pyridine rings is 1. The third-order valence-corrected chi connectivity index (χ3v) is 2.45. The summed E-state index contributed by atoms with van der Waals surface area (Å²) < 4.78 is 0. The van der Waals surface area contributed by atoms with Gasteiger partial charge >= 0.3 is 5.97 Å². The number of aromatic nitrogens is 1. The maximum absolute atomic E-state index is 11.4. The number of carboxylic acid groups (broad SMARTS) is 1. The molecule has 2 N–H and O–H groups in total. The van der Waals surface area contributed by atoms with Crippen LogP contribution < -0.4 is 5.32 Å². The summed E-state index contributed by atoms with van der Waals surface area (Å²) in [5.74, 6) is -1.71. The van der Waals surface area contributed by atoms with Gasteiger partial charge in [0.2, 0.25) is 5.91 Å². The van der Waals surface area contributed by atoms with Crippen LogP contribution in [0.25, 0.3) is 10.9 Å². The van der Waals surface area contributed by atoms with Crippen molar-refractivity contribution < 1.29 is 14.7 Å². The first-order chi connectivity index (χ1) is 8.56. The van der Waals surface area contributed by atoms with E-state index in [0.717, 1.165) is 11.1 Å². The van der Waals surface area contributed by atoms with Gasteiger partial charge in [-0.3, -0.25) is 14.6 Å². The maximum Gasteiger partial charge on any atom is 0.312 e. The Bertz CT molecular complexity index is 623. The first kappa shape index (κ1) is 12.0. The number of nitrogens with one attached hydrogen (secondary N) is 1. The van der Waals surface area contributed by atoms with Crippen molar-refractivity contribution >= 4 is 28.5 Å². The summed E-state index contributed by atoms with van der Waals surface area (Å²) in [6, 6.07) is 9.16. The molecule has 0 bridgehead atoms. The zero-order valence-corrected chi connectivity index (χ0v) is 9.80. The molecule has 5 nitrogen and oxygen atoms in total. The van der Waals surface area contributed by atoms with E-state index in [1.807, 2.05) is 25.1 Å². The van der Waals surface area contributed by atoms with Crippen LogP contribution in [0.3, 0.4) is 0 Å². The van der Waals surface area contributed by atoms with Crippen LogP contribution >= 0.6 is 0 Å². The summed E-state index contributed by atoms with van der Waals surface area (Å²) in [6.45, 7) is 1.86. The van der Waals surface area contributed by atoms with Crippen molar-refractivity contribution in [2.24, 2.45) is 0 Å². The van der Waals surface area contributed by atoms with Crippen molar-refractivity contribution in [3.05, 3.63) is 36.0 Å². The number of carbonyl (C=O) groups is 2. The molecule has 0 saturated carbocycles. The molecule has 92 valence electrons. The maximum atomic E-state index is 11.4. The zero-order valence-electron chi connectivity index (χ0n) is 9.80. The van der Waals surface area contributed by atoms with Gasteiger partial charge in [0, 0.05) is 11.1 Å². The Morgan fingerprint density at radius 2 is 2.06 bits per heavy atom. The number of nitrogens with zero attached hydrogens (tertiary/aromatic N) is 1. The number of aliphatic carboxylic acids is 1. The van der Waals surface area contributed by atoms with Crippen LogP contribution in [0.2, 0.25) is 0 Å². The Hall–Kier alpha value is -2.43. The second-order valence-electron chi connectivity index (χ2n) is 3.95. The summed E-state index contributed by atoms with van der Waals surface area (Å²) >= 11 is 0. The minimum absolute atomic E-state index is 0.530. The van der Waals surface area contributed by atoms with Gasteiger partial charge in [-0.2, -0.15) is 0 Å². The number of aryl methyl sites for hydroxylation is 1. The number of hydrogen-bond acceptors (Lipinski definition) is 3. The van der Waals surface area contributed by atoms with E-state index in [2.05, 4.69) is 10.3 Å². The molecule has 18 heavy (non-hydrogen) atoms. The molecule has 1 aromatic carbocycles. The van der Waals surface area contributed by atoms with Crippen molar-refractivity contribution in [2.75, 3.05) is 5.32 Å². The van der Waals surface area contributed by atoms with E-state index in [0.29, 0.717) is 11.2 Å². The lowest BCUT2D eigenvalue weighted by molar-refractivity contribution is -0.139. The Balaban J connectivity index is 2.35. The minimum Gasteiger partial charge on any atom is -0.481 e. The van der Waals surface area contributed by atoms with E-state index in [1.54, 1.807) is 12.1 Å². The number of amides is 1. The van der Waals surface area contributed by atoms with Gasteiger partial charge < -0.3 is 10.4 Å². The molecule has 0 unspecified atom stereocenters. The topological polar surface area (TPSA) is 79.3 Å². The van der Waals surface area contributed by atoms with Crippen LogP contribution in [0.5, 0.6) is 0 Å². The first-order valence-electron chi connectivity index (χ1n) is 5.44. The van der Waals surface area contributed by atoms with Gasteiger partial charge in [0.15, 0.2) is 0 Å². The largest absolute Gasteiger partial charge is 0.481 e. The predicted octanol–water partition coefficient (Wildman–Crippen LogP) is 1.96. The van der Waals surface area contributed by atoms with E-state index >= 15 is 0 Å². The highest BCUT2D eigenvalue weighted by atomic mass is 16.4. The summed E-state index contributed by atoms with van der Waals surface area (Å²) in [7, 11) is 0. The summed E-state index contributed by atoms with van der Waals surface area (Å²) in [5.41, 5.74) is 2.03. The van der Waals surface area contributed by atoms with Crippen molar-refractivity contribution in [1.29, 1.82) is 0 Å². The van der Waals surface area contributed by atoms with Crippen molar-refractivity contribution in [1.82, 2.24) is 4.98 Å². The Kier molecular flexibility index (Phi) is 3.23. The molecule has 1 heterocycles. The Morgan fingerprint density at radius 1 is 1.28 bits per heavy atom. The third kappa shape index (κ3) is 2.63. The van der Waals surface area contributed by atoms with Gasteiger partial charge in [-0.1, -0.05) is 18.2 Å². The minimum atomic E-state index is -1.16. The lowest BCUT2D eigenvalue weighted by Gasteiger charge is -2.07. The molecule has 0 aliphatic heterocycles. The molecular formula is C13H12N2O3. The molecule has 0 aliphatic carbocycles. The van der Waals surface area contributed by atoms with Crippen LogP contribution in [-0.4, -0.2) is 22.0 Å². The predicted molar refractivity (Wildman–Crippen MR) is 67.4 cm³/mol. The molecule has 2 aromatic rings. The number of para-hydroxylation sites is 1. The van der Waals surface area contributed by atoms with Gasteiger partial charge in [-0.05, 0) is 19.1 Å². The molecule has 0 aliphatic rings. The molecule has 1 aromatic heterocycles. The van der Waals surface area contributed by atoms with Crippen molar-refractivity contribution in [3.8, 4) is 0 Å². The van der Waals surface area contributed by atoms with Crippen LogP contribution in [0.15, 0.2) is 30.3 Å². The van der Waals surface area contributed by atoms with Gasteiger partial charge in [0.05, 0.1) is 11.2 Å². The molecule has 0 spiro atoms. The molecule has 5 heteroatoms. The van der Waals surface area contributed by atoms with Crippen LogP contribution in [0.4, 0.5) is 5.69 Å². The number of fused-ring (bicyclic) bond motifs is 1. The SMILES string of the molecule is Cc1ccc2cccc(NC(=O)CC(=O)O)c2n1. The van der Waals surface area contributed by atoms with Crippen LogP contribution in [-0.2, 0) is 9.59 Å². The number of carbonyl (C=O) groups excluding carboxylic acids is 1. The first-order valence-corrected chi connectivity index (χ1v) is 5.44. The fourth-order valence-corrected chi connectivity index (χ4v) is 1.68. The monoisotopic (exact) mass is 244 g/mol. The summed E-state index contributed by atoms with van der Waals surface area (Å²) in [4.78, 5) is 26.2. The number of benzene rings is 1. The fourth-order valence-electron chi connectivity index (χ4n) is 1.68. The molecule has 0 saturated heterocycles. The van der Waals surface area contributed by atoms with Gasteiger partial charge in [-0.15, -0.1) is 0 Å². The smallest absolute Gasteiger partial charge is 0.312 e. The number of carboxylic acids is 1. The second kappa shape index (κ2) is 4.83. The quantitative estimate of drug-likeness (QED) is 0.809. The number of anilines is 1. The second-order valence-corrected chi connectivity index (χ2v) is 3.95. The molecule has 1 amide bonds. The van der Waals surface area contributed by atoms with Crippen molar-refractivity contribution in [2.45, 2.75) is 13.3 Å². The standard InChI is InChI=1S/C13H12N2O3/c1-8-5-6-9-3-2-4-10(13(9)14-8)15-11(16)7-12(17)18/h2-6H,7H2,1H3,(H,15,16)(H,17,18). The third-order valence-electron chi connectivity index (χ3n) is 2.45. The average Bonchev–Trinajstić information content (AvgIpc) is 2.28. The van der Waals surface area contributed by atoms with Gasteiger partial charge in [0.1, 0.15) is 6.42 Å². The molecule has 2 rings (SSSR count). The van der Waals surface area contributed by atoms with Crippen molar-refractivity contribution in [3.63, 3.8) is 0 Å². The van der Waals surface area contributed by atoms with Crippen LogP contribution in [0.1, 0.15) is 12.1 Å². The molecule has 0 fully saturated rings. The molecule has 0 atom stereocenters. The van der Waals surface area contributed by atoms with E-state index < -0.39 is 18.3 Å². The normalized spacial score (nSPS) is 10.3. The zero-order chi connectivity index (χ0) is 13.1. The van der Waals surface area contributed by atoms with Gasteiger partial charge in [0.25, 0.3) is 0 Å². The van der Waals surface area contributed by atoms with E-state index in [-0.39, 0.29) is 0 Å². The average molecular weight is 244 g/mol. The van der Waals surface area contributed by atoms with Gasteiger partial charge in [-0.25, -0.2) is 0 Å². The lowest BCUT2D eigenvalue weighted by atomic mass is 10.1. The van der Waals surface area contributed by atoms with E-state index in [1.165, 1.54) is 0 Å². The highest BCUT2D eigenvalue weighted by Crippen LogP contribution is 2.21. The summed E-state index contributed by atoms with van der Waals surface area (Å²) in [5, 5.41) is 12.0. The summed E-state index contributed by atoms with van der Waals surface area (Å²) in [6.07, 6.45) is -0.553. The molecular weight excluding hydrogens is 232 g/mol. The van der Waals surface area contributed by atoms with E-state index in [4.69, 9.17) is 5.11 Å².